The Labute approximate surface area is 110 Å². The lowest BCUT2D eigenvalue weighted by atomic mass is 10.1. The minimum atomic E-state index is -0.422. The van der Waals surface area contributed by atoms with Gasteiger partial charge in [-0.15, -0.1) is 0 Å². The summed E-state index contributed by atoms with van der Waals surface area (Å²) in [5, 5.41) is 10.2. The number of rotatable bonds is 3. The summed E-state index contributed by atoms with van der Waals surface area (Å²) in [5.74, 6) is 0. The molecule has 0 aliphatic heterocycles. The average molecular weight is 265 g/mol. The van der Waals surface area contributed by atoms with Crippen molar-refractivity contribution in [1.82, 2.24) is 0 Å². The Balaban J connectivity index is 2.17. The van der Waals surface area contributed by atoms with Gasteiger partial charge in [0.25, 0.3) is 0 Å². The van der Waals surface area contributed by atoms with Crippen LogP contribution in [0.25, 0.3) is 0 Å². The van der Waals surface area contributed by atoms with E-state index < -0.39 is 6.10 Å². The molecule has 2 aromatic rings. The zero-order valence-corrected chi connectivity index (χ0v) is 11.0. The van der Waals surface area contributed by atoms with E-state index in [1.54, 1.807) is 18.7 Å². The second-order valence-electron chi connectivity index (χ2n) is 3.78. The molecular weight excluding hydrogens is 252 g/mol. The molecule has 0 spiro atoms. The first-order valence-corrected chi connectivity index (χ1v) is 6.56. The molecule has 0 aliphatic carbocycles. The van der Waals surface area contributed by atoms with Gasteiger partial charge in [0.2, 0.25) is 0 Å². The second-order valence-corrected chi connectivity index (χ2v) is 5.30. The van der Waals surface area contributed by atoms with E-state index in [4.69, 9.17) is 11.6 Å². The molecule has 88 valence electrons. The van der Waals surface area contributed by atoms with Crippen LogP contribution >= 0.6 is 23.4 Å². The quantitative estimate of drug-likeness (QED) is 0.878. The molecule has 0 radical (unpaired) electrons. The van der Waals surface area contributed by atoms with Crippen molar-refractivity contribution in [3.63, 3.8) is 0 Å². The highest BCUT2D eigenvalue weighted by Crippen LogP contribution is 2.33. The molecule has 17 heavy (non-hydrogen) atoms. The third kappa shape index (κ3) is 3.25. The number of aliphatic hydroxyl groups excluding tert-OH is 1. The molecule has 0 amide bonds. The molecule has 0 unspecified atom stereocenters. The third-order valence-corrected chi connectivity index (χ3v) is 3.95. The van der Waals surface area contributed by atoms with Crippen molar-refractivity contribution >= 4 is 23.4 Å². The summed E-state index contributed by atoms with van der Waals surface area (Å²) in [6.07, 6.45) is -0.422. The molecule has 1 nitrogen and oxygen atoms in total. The Morgan fingerprint density at radius 3 is 2.29 bits per heavy atom. The summed E-state index contributed by atoms with van der Waals surface area (Å²) in [6.45, 7) is 1.76. The van der Waals surface area contributed by atoms with Gasteiger partial charge >= 0.3 is 0 Å². The van der Waals surface area contributed by atoms with Crippen LogP contribution in [0.15, 0.2) is 58.3 Å². The van der Waals surface area contributed by atoms with E-state index in [0.29, 0.717) is 0 Å². The van der Waals surface area contributed by atoms with Crippen LogP contribution in [0.2, 0.25) is 5.02 Å². The first-order chi connectivity index (χ1) is 8.16. The smallest absolute Gasteiger partial charge is 0.0761 e. The van der Waals surface area contributed by atoms with E-state index in [0.717, 1.165) is 20.4 Å². The van der Waals surface area contributed by atoms with Gasteiger partial charge in [0.05, 0.1) is 11.1 Å². The van der Waals surface area contributed by atoms with Gasteiger partial charge in [-0.2, -0.15) is 0 Å². The summed E-state index contributed by atoms with van der Waals surface area (Å²) >= 11 is 7.72. The fourth-order valence-corrected chi connectivity index (χ4v) is 2.56. The van der Waals surface area contributed by atoms with Crippen molar-refractivity contribution in [3.8, 4) is 0 Å². The maximum absolute atomic E-state index is 9.42. The summed E-state index contributed by atoms with van der Waals surface area (Å²) in [7, 11) is 0. The number of halogens is 1. The molecule has 0 aliphatic rings. The van der Waals surface area contributed by atoms with Crippen molar-refractivity contribution in [2.75, 3.05) is 0 Å². The average Bonchev–Trinajstić information content (AvgIpc) is 2.33. The topological polar surface area (TPSA) is 20.2 Å². The van der Waals surface area contributed by atoms with Gasteiger partial charge in [-0.05, 0) is 36.8 Å². The maximum atomic E-state index is 9.42. The molecule has 1 N–H and O–H groups in total. The fourth-order valence-electron chi connectivity index (χ4n) is 1.47. The summed E-state index contributed by atoms with van der Waals surface area (Å²) in [6, 6.07) is 15.6. The van der Waals surface area contributed by atoms with Crippen molar-refractivity contribution in [3.05, 3.63) is 59.1 Å². The molecule has 0 saturated heterocycles. The fraction of sp³-hybridized carbons (Fsp3) is 0.143. The minimum absolute atomic E-state index is 0.422. The van der Waals surface area contributed by atoms with E-state index in [2.05, 4.69) is 0 Å². The number of benzene rings is 2. The Hall–Kier alpha value is -0.960. The molecule has 1 atom stereocenters. The van der Waals surface area contributed by atoms with Gasteiger partial charge in [0.15, 0.2) is 0 Å². The number of aliphatic hydroxyl groups is 1. The van der Waals surface area contributed by atoms with E-state index in [9.17, 15) is 5.11 Å². The predicted octanol–water partition coefficient (Wildman–Crippen LogP) is 4.54. The molecule has 0 fully saturated rings. The molecular formula is C14H13ClOS. The molecule has 3 heteroatoms. The zero-order chi connectivity index (χ0) is 12.3. The van der Waals surface area contributed by atoms with E-state index in [1.165, 1.54) is 0 Å². The maximum Gasteiger partial charge on any atom is 0.0761 e. The molecule has 0 aromatic heterocycles. The van der Waals surface area contributed by atoms with Gasteiger partial charge in [-0.25, -0.2) is 0 Å². The SMILES string of the molecule is C[C@@H](O)c1ccc(Sc2ccccc2Cl)cc1. The molecule has 0 bridgehead atoms. The van der Waals surface area contributed by atoms with Crippen LogP contribution in [0.5, 0.6) is 0 Å². The molecule has 2 rings (SSSR count). The van der Waals surface area contributed by atoms with Gasteiger partial charge in [-0.3, -0.25) is 0 Å². The molecule has 0 saturated carbocycles. The van der Waals surface area contributed by atoms with Gasteiger partial charge in [0, 0.05) is 9.79 Å². The normalized spacial score (nSPS) is 12.4. The van der Waals surface area contributed by atoms with Crippen LogP contribution in [0.1, 0.15) is 18.6 Å². The third-order valence-electron chi connectivity index (χ3n) is 2.43. The van der Waals surface area contributed by atoms with Crippen molar-refractivity contribution in [2.45, 2.75) is 22.8 Å². The second kappa shape index (κ2) is 5.58. The van der Waals surface area contributed by atoms with Crippen LogP contribution in [0.3, 0.4) is 0 Å². The van der Waals surface area contributed by atoms with Crippen LogP contribution in [-0.4, -0.2) is 5.11 Å². The first kappa shape index (κ1) is 12.5. The summed E-state index contributed by atoms with van der Waals surface area (Å²) in [5.41, 5.74) is 0.925. The molecule has 0 heterocycles. The van der Waals surface area contributed by atoms with Gasteiger partial charge in [0.1, 0.15) is 0 Å². The van der Waals surface area contributed by atoms with Gasteiger partial charge in [-0.1, -0.05) is 47.6 Å². The Kier molecular flexibility index (Phi) is 4.11. The summed E-state index contributed by atoms with van der Waals surface area (Å²) in [4.78, 5) is 2.15. The monoisotopic (exact) mass is 264 g/mol. The number of hydrogen-bond acceptors (Lipinski definition) is 2. The zero-order valence-electron chi connectivity index (χ0n) is 9.43. The van der Waals surface area contributed by atoms with E-state index in [-0.39, 0.29) is 0 Å². The largest absolute Gasteiger partial charge is 0.389 e. The lowest BCUT2D eigenvalue weighted by Crippen LogP contribution is -1.89. The Morgan fingerprint density at radius 2 is 1.71 bits per heavy atom. The minimum Gasteiger partial charge on any atom is -0.389 e. The van der Waals surface area contributed by atoms with E-state index >= 15 is 0 Å². The van der Waals surface area contributed by atoms with Crippen LogP contribution in [0.4, 0.5) is 0 Å². The highest BCUT2D eigenvalue weighted by atomic mass is 35.5. The lowest BCUT2D eigenvalue weighted by Gasteiger charge is -2.07. The number of hydrogen-bond donors (Lipinski definition) is 1. The van der Waals surface area contributed by atoms with Gasteiger partial charge < -0.3 is 5.11 Å². The highest BCUT2D eigenvalue weighted by molar-refractivity contribution is 7.99. The van der Waals surface area contributed by atoms with Crippen LogP contribution in [-0.2, 0) is 0 Å². The highest BCUT2D eigenvalue weighted by Gasteiger charge is 2.03. The predicted molar refractivity (Wildman–Crippen MR) is 72.7 cm³/mol. The van der Waals surface area contributed by atoms with Crippen molar-refractivity contribution < 1.29 is 5.11 Å². The van der Waals surface area contributed by atoms with Crippen LogP contribution < -0.4 is 0 Å². The first-order valence-electron chi connectivity index (χ1n) is 5.37. The lowest BCUT2D eigenvalue weighted by molar-refractivity contribution is 0.199. The summed E-state index contributed by atoms with van der Waals surface area (Å²) < 4.78 is 0. The molecule has 2 aromatic carbocycles. The van der Waals surface area contributed by atoms with E-state index in [1.807, 2.05) is 48.5 Å². The van der Waals surface area contributed by atoms with Crippen LogP contribution in [0, 0.1) is 0 Å². The Bertz CT molecular complexity index is 494. The standard InChI is InChI=1S/C14H13ClOS/c1-10(16)11-6-8-12(9-7-11)17-14-5-3-2-4-13(14)15/h2-10,16H,1H3/t10-/m1/s1. The van der Waals surface area contributed by atoms with Crippen molar-refractivity contribution in [2.24, 2.45) is 0 Å². The van der Waals surface area contributed by atoms with Crippen molar-refractivity contribution in [1.29, 1.82) is 0 Å². The Morgan fingerprint density at radius 1 is 1.06 bits per heavy atom.